The van der Waals surface area contributed by atoms with Crippen LogP contribution in [0.4, 0.5) is 5.13 Å². The molecule has 0 radical (unpaired) electrons. The second kappa shape index (κ2) is 7.71. The Morgan fingerprint density at radius 2 is 2.17 bits per heavy atom. The zero-order valence-electron chi connectivity index (χ0n) is 12.1. The summed E-state index contributed by atoms with van der Waals surface area (Å²) in [5, 5.41) is 4.49. The molecule has 1 rings (SSSR count). The minimum Gasteiger partial charge on any atom is -0.383 e. The lowest BCUT2D eigenvalue weighted by Gasteiger charge is -2.23. The normalized spacial score (nSPS) is 13.0. The number of rotatable bonds is 8. The maximum Gasteiger partial charge on any atom is 0.185 e. The van der Waals surface area contributed by atoms with E-state index in [1.54, 1.807) is 18.4 Å². The lowest BCUT2D eigenvalue weighted by Crippen LogP contribution is -2.32. The van der Waals surface area contributed by atoms with E-state index in [0.717, 1.165) is 24.8 Å². The van der Waals surface area contributed by atoms with Gasteiger partial charge in [0, 0.05) is 31.8 Å². The first kappa shape index (κ1) is 15.4. The van der Waals surface area contributed by atoms with Crippen molar-refractivity contribution in [2.24, 2.45) is 5.92 Å². The number of likely N-dealkylation sites (N-methyl/N-ethyl adjacent to an activating group) is 1. The highest BCUT2D eigenvalue weighted by molar-refractivity contribution is 7.15. The Hall–Kier alpha value is -0.650. The molecular formula is C13H25N3OS. The van der Waals surface area contributed by atoms with Crippen LogP contribution in [0.3, 0.4) is 0 Å². The fraction of sp³-hybridized carbons (Fsp3) is 0.769. The molecule has 5 heteroatoms. The average Bonchev–Trinajstić information content (AvgIpc) is 2.76. The third kappa shape index (κ3) is 4.92. The number of anilines is 1. The molecule has 0 spiro atoms. The molecular weight excluding hydrogens is 246 g/mol. The van der Waals surface area contributed by atoms with Crippen molar-refractivity contribution < 1.29 is 4.74 Å². The van der Waals surface area contributed by atoms with Gasteiger partial charge in [-0.05, 0) is 19.4 Å². The first-order valence-corrected chi connectivity index (χ1v) is 7.23. The van der Waals surface area contributed by atoms with E-state index in [4.69, 9.17) is 4.74 Å². The van der Waals surface area contributed by atoms with E-state index in [1.807, 2.05) is 6.20 Å². The molecule has 0 bridgehead atoms. The lowest BCUT2D eigenvalue weighted by atomic mass is 10.2. The SMILES string of the molecule is COCC(C)N(C)c1ncc(CNCC(C)C)s1. The van der Waals surface area contributed by atoms with E-state index in [9.17, 15) is 0 Å². The van der Waals surface area contributed by atoms with Crippen molar-refractivity contribution in [1.82, 2.24) is 10.3 Å². The van der Waals surface area contributed by atoms with Gasteiger partial charge in [0.05, 0.1) is 12.6 Å². The maximum absolute atomic E-state index is 5.17. The van der Waals surface area contributed by atoms with Crippen LogP contribution in [-0.2, 0) is 11.3 Å². The molecule has 1 aromatic heterocycles. The highest BCUT2D eigenvalue weighted by atomic mass is 32.1. The predicted molar refractivity (Wildman–Crippen MR) is 78.4 cm³/mol. The topological polar surface area (TPSA) is 37.4 Å². The molecule has 0 aliphatic carbocycles. The lowest BCUT2D eigenvalue weighted by molar-refractivity contribution is 0.183. The summed E-state index contributed by atoms with van der Waals surface area (Å²) in [5.41, 5.74) is 0. The molecule has 1 atom stereocenters. The quantitative estimate of drug-likeness (QED) is 0.787. The van der Waals surface area contributed by atoms with Gasteiger partial charge >= 0.3 is 0 Å². The third-order valence-electron chi connectivity index (χ3n) is 2.76. The smallest absolute Gasteiger partial charge is 0.185 e. The first-order chi connectivity index (χ1) is 8.54. The van der Waals surface area contributed by atoms with Gasteiger partial charge in [0.15, 0.2) is 5.13 Å². The molecule has 0 fully saturated rings. The molecule has 0 aromatic carbocycles. The van der Waals surface area contributed by atoms with Gasteiger partial charge in [-0.3, -0.25) is 0 Å². The molecule has 18 heavy (non-hydrogen) atoms. The van der Waals surface area contributed by atoms with Crippen LogP contribution in [0.1, 0.15) is 25.6 Å². The van der Waals surface area contributed by atoms with Gasteiger partial charge in [0.2, 0.25) is 0 Å². The van der Waals surface area contributed by atoms with Crippen LogP contribution in [0.5, 0.6) is 0 Å². The first-order valence-electron chi connectivity index (χ1n) is 6.41. The van der Waals surface area contributed by atoms with Crippen molar-refractivity contribution >= 4 is 16.5 Å². The Bertz CT molecular complexity index is 341. The standard InChI is InChI=1S/C13H25N3OS/c1-10(2)6-14-7-12-8-15-13(18-12)16(4)11(3)9-17-5/h8,10-11,14H,6-7,9H2,1-5H3. The van der Waals surface area contributed by atoms with E-state index in [1.165, 1.54) is 4.88 Å². The van der Waals surface area contributed by atoms with Gasteiger partial charge in [0.25, 0.3) is 0 Å². The molecule has 0 aliphatic rings. The van der Waals surface area contributed by atoms with Crippen molar-refractivity contribution in [3.8, 4) is 0 Å². The Morgan fingerprint density at radius 3 is 2.78 bits per heavy atom. The minimum absolute atomic E-state index is 0.345. The van der Waals surface area contributed by atoms with E-state index >= 15 is 0 Å². The number of hydrogen-bond donors (Lipinski definition) is 1. The van der Waals surface area contributed by atoms with Crippen LogP contribution >= 0.6 is 11.3 Å². The Morgan fingerprint density at radius 1 is 1.44 bits per heavy atom. The van der Waals surface area contributed by atoms with Gasteiger partial charge in [-0.15, -0.1) is 11.3 Å². The number of ether oxygens (including phenoxy) is 1. The predicted octanol–water partition coefficient (Wildman–Crippen LogP) is 2.36. The summed E-state index contributed by atoms with van der Waals surface area (Å²) in [6.07, 6.45) is 1.96. The van der Waals surface area contributed by atoms with Crippen molar-refractivity contribution in [2.75, 3.05) is 32.2 Å². The maximum atomic E-state index is 5.17. The summed E-state index contributed by atoms with van der Waals surface area (Å²) >= 11 is 1.74. The molecule has 1 N–H and O–H groups in total. The largest absolute Gasteiger partial charge is 0.383 e. The zero-order chi connectivity index (χ0) is 13.5. The zero-order valence-corrected chi connectivity index (χ0v) is 12.9. The van der Waals surface area contributed by atoms with E-state index in [0.29, 0.717) is 12.0 Å². The number of nitrogens with one attached hydrogen (secondary N) is 1. The highest BCUT2D eigenvalue weighted by Gasteiger charge is 2.13. The van der Waals surface area contributed by atoms with Gasteiger partial charge in [-0.1, -0.05) is 13.8 Å². The van der Waals surface area contributed by atoms with Gasteiger partial charge in [0.1, 0.15) is 0 Å². The fourth-order valence-corrected chi connectivity index (χ4v) is 2.51. The fourth-order valence-electron chi connectivity index (χ4n) is 1.57. The summed E-state index contributed by atoms with van der Waals surface area (Å²) < 4.78 is 5.17. The minimum atomic E-state index is 0.345. The average molecular weight is 271 g/mol. The third-order valence-corrected chi connectivity index (χ3v) is 3.85. The summed E-state index contributed by atoms with van der Waals surface area (Å²) in [7, 11) is 3.79. The van der Waals surface area contributed by atoms with Gasteiger partial charge in [-0.25, -0.2) is 4.98 Å². The van der Waals surface area contributed by atoms with E-state index in [2.05, 4.69) is 43.0 Å². The summed E-state index contributed by atoms with van der Waals surface area (Å²) in [4.78, 5) is 7.91. The van der Waals surface area contributed by atoms with Crippen LogP contribution in [0.15, 0.2) is 6.20 Å². The van der Waals surface area contributed by atoms with E-state index < -0.39 is 0 Å². The Kier molecular flexibility index (Phi) is 6.60. The molecule has 4 nitrogen and oxygen atoms in total. The van der Waals surface area contributed by atoms with E-state index in [-0.39, 0.29) is 0 Å². The monoisotopic (exact) mass is 271 g/mol. The molecule has 1 aromatic rings. The Balaban J connectivity index is 2.46. The van der Waals surface area contributed by atoms with Crippen molar-refractivity contribution in [3.05, 3.63) is 11.1 Å². The number of thiazole rings is 1. The number of nitrogens with zero attached hydrogens (tertiary/aromatic N) is 2. The van der Waals surface area contributed by atoms with Gasteiger partial charge < -0.3 is 15.0 Å². The second-order valence-electron chi connectivity index (χ2n) is 5.05. The number of hydrogen-bond acceptors (Lipinski definition) is 5. The molecule has 0 saturated heterocycles. The van der Waals surface area contributed by atoms with Gasteiger partial charge in [-0.2, -0.15) is 0 Å². The molecule has 1 heterocycles. The summed E-state index contributed by atoms with van der Waals surface area (Å²) in [5.74, 6) is 0.682. The van der Waals surface area contributed by atoms with Crippen LogP contribution < -0.4 is 10.2 Å². The van der Waals surface area contributed by atoms with Crippen molar-refractivity contribution in [2.45, 2.75) is 33.4 Å². The van der Waals surface area contributed by atoms with Crippen LogP contribution in [0, 0.1) is 5.92 Å². The van der Waals surface area contributed by atoms with Crippen molar-refractivity contribution in [3.63, 3.8) is 0 Å². The molecule has 1 unspecified atom stereocenters. The van der Waals surface area contributed by atoms with Crippen LogP contribution in [0.2, 0.25) is 0 Å². The van der Waals surface area contributed by atoms with Crippen LogP contribution in [0.25, 0.3) is 0 Å². The van der Waals surface area contributed by atoms with Crippen LogP contribution in [-0.4, -0.2) is 38.3 Å². The molecule has 0 aliphatic heterocycles. The highest BCUT2D eigenvalue weighted by Crippen LogP contribution is 2.22. The van der Waals surface area contributed by atoms with Crippen molar-refractivity contribution in [1.29, 1.82) is 0 Å². The number of aromatic nitrogens is 1. The Labute approximate surface area is 114 Å². The summed E-state index contributed by atoms with van der Waals surface area (Å²) in [6, 6.07) is 0.345. The molecule has 0 amide bonds. The second-order valence-corrected chi connectivity index (χ2v) is 6.14. The number of methoxy groups -OCH3 is 1. The molecule has 104 valence electrons. The summed E-state index contributed by atoms with van der Waals surface area (Å²) in [6.45, 7) is 9.24. The molecule has 0 saturated carbocycles.